The molecule has 2 rings (SSSR count). The van der Waals surface area contributed by atoms with E-state index in [9.17, 15) is 4.79 Å². The van der Waals surface area contributed by atoms with Gasteiger partial charge in [-0.05, 0) is 61.2 Å². The number of rotatable bonds is 4. The second-order valence-electron chi connectivity index (χ2n) is 5.15. The van der Waals surface area contributed by atoms with Crippen molar-refractivity contribution in [3.63, 3.8) is 0 Å². The summed E-state index contributed by atoms with van der Waals surface area (Å²) in [5.41, 5.74) is 5.20. The predicted octanol–water partition coefficient (Wildman–Crippen LogP) is 4.05. The summed E-state index contributed by atoms with van der Waals surface area (Å²) in [6.07, 6.45) is 0.449. The minimum absolute atomic E-state index is 0.146. The van der Waals surface area contributed by atoms with E-state index >= 15 is 0 Å². The van der Waals surface area contributed by atoms with E-state index < -0.39 is 0 Å². The number of hydrogen-bond acceptors (Lipinski definition) is 2. The first-order chi connectivity index (χ1) is 9.52. The van der Waals surface area contributed by atoms with Crippen LogP contribution in [0.4, 0.5) is 0 Å². The van der Waals surface area contributed by atoms with Crippen LogP contribution in [-0.4, -0.2) is 12.9 Å². The van der Waals surface area contributed by atoms with Gasteiger partial charge in [0, 0.05) is 12.0 Å². The number of ether oxygens (including phenoxy) is 1. The highest BCUT2D eigenvalue weighted by Crippen LogP contribution is 2.21. The van der Waals surface area contributed by atoms with Crippen LogP contribution < -0.4 is 4.74 Å². The molecule has 0 heterocycles. The zero-order valence-corrected chi connectivity index (χ0v) is 12.5. The van der Waals surface area contributed by atoms with Crippen molar-refractivity contribution < 1.29 is 9.53 Å². The van der Waals surface area contributed by atoms with Crippen molar-refractivity contribution in [3.05, 3.63) is 64.2 Å². The average molecular weight is 268 g/mol. The lowest BCUT2D eigenvalue weighted by molar-refractivity contribution is 0.0992. The second-order valence-corrected chi connectivity index (χ2v) is 5.15. The summed E-state index contributed by atoms with van der Waals surface area (Å²) in [4.78, 5) is 12.4. The van der Waals surface area contributed by atoms with Gasteiger partial charge in [-0.3, -0.25) is 4.79 Å². The van der Waals surface area contributed by atoms with E-state index in [0.717, 1.165) is 22.4 Å². The molecule has 2 aromatic rings. The molecule has 0 aliphatic rings. The van der Waals surface area contributed by atoms with Crippen LogP contribution in [0, 0.1) is 20.8 Å². The molecule has 20 heavy (non-hydrogen) atoms. The maximum Gasteiger partial charge on any atom is 0.167 e. The lowest BCUT2D eigenvalue weighted by Crippen LogP contribution is -2.07. The Bertz CT molecular complexity index is 622. The minimum atomic E-state index is 0.146. The van der Waals surface area contributed by atoms with Crippen molar-refractivity contribution in [2.24, 2.45) is 0 Å². The predicted molar refractivity (Wildman–Crippen MR) is 81.7 cm³/mol. The third-order valence-corrected chi connectivity index (χ3v) is 3.70. The number of hydrogen-bond donors (Lipinski definition) is 0. The van der Waals surface area contributed by atoms with E-state index in [2.05, 4.69) is 26.0 Å². The number of Topliss-reactive ketones (excluding diaryl/α,β-unsaturated/α-hetero) is 1. The van der Waals surface area contributed by atoms with Crippen molar-refractivity contribution in [1.29, 1.82) is 0 Å². The van der Waals surface area contributed by atoms with Gasteiger partial charge in [0.1, 0.15) is 5.75 Å². The van der Waals surface area contributed by atoms with Crippen LogP contribution in [0.15, 0.2) is 36.4 Å². The molecule has 104 valence electrons. The van der Waals surface area contributed by atoms with Gasteiger partial charge in [-0.2, -0.15) is 0 Å². The normalized spacial score (nSPS) is 10.4. The first kappa shape index (κ1) is 14.3. The highest BCUT2D eigenvalue weighted by Gasteiger charge is 2.12. The molecule has 0 aliphatic carbocycles. The number of benzene rings is 2. The molecule has 0 atom stereocenters. The van der Waals surface area contributed by atoms with Gasteiger partial charge < -0.3 is 4.74 Å². The molecule has 0 aromatic heterocycles. The Labute approximate surface area is 120 Å². The quantitative estimate of drug-likeness (QED) is 0.782. The van der Waals surface area contributed by atoms with Crippen molar-refractivity contribution >= 4 is 5.78 Å². The number of aryl methyl sites for hydroxylation is 3. The van der Waals surface area contributed by atoms with Crippen molar-refractivity contribution in [2.75, 3.05) is 7.11 Å². The van der Waals surface area contributed by atoms with Crippen molar-refractivity contribution in [3.8, 4) is 5.75 Å². The first-order valence-electron chi connectivity index (χ1n) is 6.76. The number of carbonyl (C=O) groups is 1. The Morgan fingerprint density at radius 2 is 1.65 bits per heavy atom. The third-order valence-electron chi connectivity index (χ3n) is 3.70. The van der Waals surface area contributed by atoms with Crippen LogP contribution in [-0.2, 0) is 6.42 Å². The second kappa shape index (κ2) is 5.91. The van der Waals surface area contributed by atoms with Gasteiger partial charge in [-0.15, -0.1) is 0 Å². The highest BCUT2D eigenvalue weighted by atomic mass is 16.5. The number of carbonyl (C=O) groups excluding carboxylic acids is 1. The molecule has 0 fully saturated rings. The average Bonchev–Trinajstić information content (AvgIpc) is 2.42. The molecule has 2 aromatic carbocycles. The van der Waals surface area contributed by atoms with E-state index in [1.54, 1.807) is 7.11 Å². The number of ketones is 1. The Balaban J connectivity index is 2.26. The number of methoxy groups -OCH3 is 1. The molecule has 0 aliphatic heterocycles. The summed E-state index contributed by atoms with van der Waals surface area (Å²) in [5.74, 6) is 0.960. The van der Waals surface area contributed by atoms with E-state index in [0.29, 0.717) is 6.42 Å². The lowest BCUT2D eigenvalue weighted by Gasteiger charge is -2.10. The molecule has 0 saturated carbocycles. The van der Waals surface area contributed by atoms with Crippen LogP contribution in [0.25, 0.3) is 0 Å². The standard InChI is InChI=1S/C18H20O2/c1-12-6-5-7-13(2)16(12)11-17(19)15-8-9-18(20-4)14(3)10-15/h5-10H,11H2,1-4H3. The zero-order valence-electron chi connectivity index (χ0n) is 12.5. The Hall–Kier alpha value is -2.09. The van der Waals surface area contributed by atoms with Gasteiger partial charge in [0.25, 0.3) is 0 Å². The van der Waals surface area contributed by atoms with Gasteiger partial charge >= 0.3 is 0 Å². The largest absolute Gasteiger partial charge is 0.496 e. The molecule has 2 heteroatoms. The molecule has 0 saturated heterocycles. The van der Waals surface area contributed by atoms with E-state index in [4.69, 9.17) is 4.74 Å². The van der Waals surface area contributed by atoms with E-state index in [-0.39, 0.29) is 5.78 Å². The Morgan fingerprint density at radius 1 is 1.00 bits per heavy atom. The highest BCUT2D eigenvalue weighted by molar-refractivity contribution is 5.98. The van der Waals surface area contributed by atoms with Gasteiger partial charge in [0.2, 0.25) is 0 Å². The molecule has 0 amide bonds. The monoisotopic (exact) mass is 268 g/mol. The Kier molecular flexibility index (Phi) is 4.23. The van der Waals surface area contributed by atoms with Gasteiger partial charge in [0.05, 0.1) is 7.11 Å². The third kappa shape index (κ3) is 2.90. The molecular formula is C18H20O2. The van der Waals surface area contributed by atoms with E-state index in [1.807, 2.05) is 31.2 Å². The molecule has 0 unspecified atom stereocenters. The fraction of sp³-hybridized carbons (Fsp3) is 0.278. The minimum Gasteiger partial charge on any atom is -0.496 e. The fourth-order valence-electron chi connectivity index (χ4n) is 2.44. The molecule has 2 nitrogen and oxygen atoms in total. The fourth-order valence-corrected chi connectivity index (χ4v) is 2.44. The summed E-state index contributed by atoms with van der Waals surface area (Å²) in [6, 6.07) is 11.7. The topological polar surface area (TPSA) is 26.3 Å². The molecule has 0 radical (unpaired) electrons. The van der Waals surface area contributed by atoms with E-state index in [1.165, 1.54) is 11.1 Å². The lowest BCUT2D eigenvalue weighted by atomic mass is 9.95. The SMILES string of the molecule is COc1ccc(C(=O)Cc2c(C)cccc2C)cc1C. The Morgan fingerprint density at radius 3 is 2.20 bits per heavy atom. The van der Waals surface area contributed by atoms with Gasteiger partial charge in [0.15, 0.2) is 5.78 Å². The molecular weight excluding hydrogens is 248 g/mol. The van der Waals surface area contributed by atoms with Gasteiger partial charge in [-0.1, -0.05) is 18.2 Å². The summed E-state index contributed by atoms with van der Waals surface area (Å²) < 4.78 is 5.22. The van der Waals surface area contributed by atoms with Crippen LogP contribution >= 0.6 is 0 Å². The smallest absolute Gasteiger partial charge is 0.167 e. The molecule has 0 bridgehead atoms. The zero-order chi connectivity index (χ0) is 14.7. The van der Waals surface area contributed by atoms with Crippen molar-refractivity contribution in [1.82, 2.24) is 0 Å². The maximum atomic E-state index is 12.4. The van der Waals surface area contributed by atoms with Crippen LogP contribution in [0.5, 0.6) is 5.75 Å². The summed E-state index contributed by atoms with van der Waals surface area (Å²) >= 11 is 0. The van der Waals surface area contributed by atoms with Crippen LogP contribution in [0.3, 0.4) is 0 Å². The van der Waals surface area contributed by atoms with Crippen LogP contribution in [0.1, 0.15) is 32.6 Å². The first-order valence-corrected chi connectivity index (χ1v) is 6.76. The maximum absolute atomic E-state index is 12.4. The van der Waals surface area contributed by atoms with Gasteiger partial charge in [-0.25, -0.2) is 0 Å². The summed E-state index contributed by atoms with van der Waals surface area (Å²) in [6.45, 7) is 6.05. The summed E-state index contributed by atoms with van der Waals surface area (Å²) in [5, 5.41) is 0. The molecule has 0 N–H and O–H groups in total. The molecule has 0 spiro atoms. The van der Waals surface area contributed by atoms with Crippen molar-refractivity contribution in [2.45, 2.75) is 27.2 Å². The van der Waals surface area contributed by atoms with Crippen LogP contribution in [0.2, 0.25) is 0 Å². The summed E-state index contributed by atoms with van der Waals surface area (Å²) in [7, 11) is 1.64.